The second-order valence-corrected chi connectivity index (χ2v) is 4.58. The molecule has 0 bridgehead atoms. The molecule has 2 spiro atoms. The molecule has 1 N–H and O–H groups in total. The first kappa shape index (κ1) is 10.2. The Balaban J connectivity index is 1.71. The van der Waals surface area contributed by atoms with Crippen LogP contribution in [0.4, 0.5) is 0 Å². The van der Waals surface area contributed by atoms with Crippen molar-refractivity contribution in [3.8, 4) is 12.3 Å². The molecule has 2 heterocycles. The highest BCUT2D eigenvalue weighted by molar-refractivity contribution is 5.29. The van der Waals surface area contributed by atoms with Crippen LogP contribution in [-0.2, 0) is 14.3 Å². The molecule has 1 saturated heterocycles. The van der Waals surface area contributed by atoms with E-state index in [2.05, 4.69) is 11.4 Å². The second-order valence-electron chi connectivity index (χ2n) is 4.58. The van der Waals surface area contributed by atoms with E-state index in [-0.39, 0.29) is 11.4 Å². The number of hydroxylamine groups is 1. The molecule has 4 nitrogen and oxygen atoms in total. The Kier molecular flexibility index (Phi) is 2.21. The molecule has 2 aliphatic heterocycles. The molecular weight excluding hydrogens is 206 g/mol. The van der Waals surface area contributed by atoms with E-state index in [0.717, 1.165) is 31.4 Å². The van der Waals surface area contributed by atoms with Crippen molar-refractivity contribution in [3.63, 3.8) is 0 Å². The molecule has 0 aromatic heterocycles. The lowest BCUT2D eigenvalue weighted by atomic mass is 9.81. The quantitative estimate of drug-likeness (QED) is 0.622. The molecule has 0 aromatic carbocycles. The van der Waals surface area contributed by atoms with Crippen LogP contribution in [0.25, 0.3) is 0 Å². The van der Waals surface area contributed by atoms with Crippen molar-refractivity contribution in [2.24, 2.45) is 0 Å². The van der Waals surface area contributed by atoms with E-state index in [0.29, 0.717) is 13.2 Å². The number of hydrogen-bond acceptors (Lipinski definition) is 4. The summed E-state index contributed by atoms with van der Waals surface area (Å²) in [6.45, 7) is 1.41. The maximum atomic E-state index is 5.68. The number of rotatable bonds is 0. The SMILES string of the molecule is C#CC1=CC2(CCC3(CC2)OCCO3)ON1. The summed E-state index contributed by atoms with van der Waals surface area (Å²) in [6, 6.07) is 0. The first-order chi connectivity index (χ1) is 7.76. The van der Waals surface area contributed by atoms with Crippen molar-refractivity contribution in [2.75, 3.05) is 13.2 Å². The van der Waals surface area contributed by atoms with Crippen molar-refractivity contribution < 1.29 is 14.3 Å². The Bertz CT molecular complexity index is 353. The first-order valence-electron chi connectivity index (χ1n) is 5.67. The first-order valence-corrected chi connectivity index (χ1v) is 5.67. The maximum Gasteiger partial charge on any atom is 0.168 e. The van der Waals surface area contributed by atoms with E-state index in [1.54, 1.807) is 0 Å². The molecule has 0 atom stereocenters. The molecule has 86 valence electrons. The van der Waals surface area contributed by atoms with Gasteiger partial charge in [-0.2, -0.15) is 0 Å². The summed E-state index contributed by atoms with van der Waals surface area (Å²) in [6.07, 6.45) is 10.8. The van der Waals surface area contributed by atoms with Crippen LogP contribution in [0.5, 0.6) is 0 Å². The smallest absolute Gasteiger partial charge is 0.168 e. The fourth-order valence-electron chi connectivity index (χ4n) is 2.64. The third-order valence-corrected chi connectivity index (χ3v) is 3.60. The lowest BCUT2D eigenvalue weighted by molar-refractivity contribution is -0.205. The summed E-state index contributed by atoms with van der Waals surface area (Å²) in [5.74, 6) is 2.21. The largest absolute Gasteiger partial charge is 0.348 e. The highest BCUT2D eigenvalue weighted by Gasteiger charge is 2.48. The zero-order valence-electron chi connectivity index (χ0n) is 9.12. The summed E-state index contributed by atoms with van der Waals surface area (Å²) in [5, 5.41) is 0. The van der Waals surface area contributed by atoms with Crippen molar-refractivity contribution in [1.29, 1.82) is 0 Å². The van der Waals surface area contributed by atoms with Crippen molar-refractivity contribution in [1.82, 2.24) is 5.48 Å². The Morgan fingerprint density at radius 3 is 2.44 bits per heavy atom. The molecule has 3 rings (SSSR count). The molecule has 1 aliphatic carbocycles. The summed E-state index contributed by atoms with van der Waals surface area (Å²) in [4.78, 5) is 5.59. The van der Waals surface area contributed by atoms with Gasteiger partial charge in [0.2, 0.25) is 0 Å². The molecule has 4 heteroatoms. The van der Waals surface area contributed by atoms with Crippen LogP contribution < -0.4 is 5.48 Å². The minimum absolute atomic E-state index is 0.248. The van der Waals surface area contributed by atoms with E-state index < -0.39 is 0 Å². The van der Waals surface area contributed by atoms with Crippen LogP contribution in [0, 0.1) is 12.3 Å². The van der Waals surface area contributed by atoms with Crippen molar-refractivity contribution in [2.45, 2.75) is 37.1 Å². The Hall–Kier alpha value is -1.02. The molecule has 0 radical (unpaired) electrons. The standard InChI is InChI=1S/C12H15NO3/c1-2-10-9-11(16-13-10)3-5-12(6-4-11)14-7-8-15-12/h1,9,13H,3-8H2. The lowest BCUT2D eigenvalue weighted by Crippen LogP contribution is -2.43. The Morgan fingerprint density at radius 1 is 1.19 bits per heavy atom. The zero-order chi connectivity index (χ0) is 11.1. The van der Waals surface area contributed by atoms with Gasteiger partial charge in [-0.05, 0) is 18.9 Å². The molecule has 0 unspecified atom stereocenters. The summed E-state index contributed by atoms with van der Waals surface area (Å²) < 4.78 is 11.4. The van der Waals surface area contributed by atoms with Crippen LogP contribution in [0.2, 0.25) is 0 Å². The Labute approximate surface area is 94.9 Å². The average Bonchev–Trinajstić information content (AvgIpc) is 2.91. The summed E-state index contributed by atoms with van der Waals surface area (Å²) >= 11 is 0. The van der Waals surface area contributed by atoms with Gasteiger partial charge in [0.05, 0.1) is 13.2 Å². The van der Waals surface area contributed by atoms with Gasteiger partial charge in [0.1, 0.15) is 11.3 Å². The van der Waals surface area contributed by atoms with Crippen LogP contribution in [0.1, 0.15) is 25.7 Å². The number of nitrogens with one attached hydrogen (secondary N) is 1. The van der Waals surface area contributed by atoms with Crippen LogP contribution in [-0.4, -0.2) is 24.6 Å². The van der Waals surface area contributed by atoms with Gasteiger partial charge in [-0.15, -0.1) is 6.42 Å². The highest BCUT2D eigenvalue weighted by Crippen LogP contribution is 2.43. The van der Waals surface area contributed by atoms with Gasteiger partial charge in [-0.1, -0.05) is 5.92 Å². The molecular formula is C12H15NO3. The zero-order valence-corrected chi connectivity index (χ0v) is 9.12. The van der Waals surface area contributed by atoms with E-state index in [4.69, 9.17) is 20.7 Å². The molecule has 0 aromatic rings. The minimum Gasteiger partial charge on any atom is -0.348 e. The number of hydrogen-bond donors (Lipinski definition) is 1. The number of ether oxygens (including phenoxy) is 2. The third kappa shape index (κ3) is 1.52. The van der Waals surface area contributed by atoms with Gasteiger partial charge >= 0.3 is 0 Å². The van der Waals surface area contributed by atoms with Crippen molar-refractivity contribution in [3.05, 3.63) is 11.8 Å². The topological polar surface area (TPSA) is 39.7 Å². The molecule has 3 aliphatic rings. The van der Waals surface area contributed by atoms with E-state index in [9.17, 15) is 0 Å². The predicted molar refractivity (Wildman–Crippen MR) is 57.0 cm³/mol. The average molecular weight is 221 g/mol. The molecule has 2 fully saturated rings. The normalized spacial score (nSPS) is 30.1. The van der Waals surface area contributed by atoms with Crippen molar-refractivity contribution >= 4 is 0 Å². The number of terminal acetylenes is 1. The predicted octanol–water partition coefficient (Wildman–Crippen LogP) is 1.09. The van der Waals surface area contributed by atoms with E-state index >= 15 is 0 Å². The lowest BCUT2D eigenvalue weighted by Gasteiger charge is -2.39. The second kappa shape index (κ2) is 3.49. The van der Waals surface area contributed by atoms with Gasteiger partial charge in [-0.25, -0.2) is 0 Å². The van der Waals surface area contributed by atoms with E-state index in [1.807, 2.05) is 6.08 Å². The van der Waals surface area contributed by atoms with Gasteiger partial charge in [0.15, 0.2) is 5.79 Å². The molecule has 0 amide bonds. The fraction of sp³-hybridized carbons (Fsp3) is 0.667. The number of allylic oxidation sites excluding steroid dienone is 1. The van der Waals surface area contributed by atoms with Gasteiger partial charge < -0.3 is 9.47 Å². The molecule has 1 saturated carbocycles. The summed E-state index contributed by atoms with van der Waals surface area (Å²) in [5.41, 5.74) is 3.27. The van der Waals surface area contributed by atoms with Gasteiger partial charge in [-0.3, -0.25) is 10.3 Å². The van der Waals surface area contributed by atoms with Crippen LogP contribution >= 0.6 is 0 Å². The highest BCUT2D eigenvalue weighted by atomic mass is 16.7. The van der Waals surface area contributed by atoms with Crippen LogP contribution in [0.15, 0.2) is 11.8 Å². The monoisotopic (exact) mass is 221 g/mol. The minimum atomic E-state index is -0.346. The van der Waals surface area contributed by atoms with Gasteiger partial charge in [0.25, 0.3) is 0 Å². The molecule has 16 heavy (non-hydrogen) atoms. The third-order valence-electron chi connectivity index (χ3n) is 3.60. The maximum absolute atomic E-state index is 5.68. The Morgan fingerprint density at radius 2 is 1.88 bits per heavy atom. The summed E-state index contributed by atoms with van der Waals surface area (Å²) in [7, 11) is 0. The van der Waals surface area contributed by atoms with Gasteiger partial charge in [0, 0.05) is 12.8 Å². The van der Waals surface area contributed by atoms with Crippen LogP contribution in [0.3, 0.4) is 0 Å². The fourth-order valence-corrected chi connectivity index (χ4v) is 2.64. The van der Waals surface area contributed by atoms with E-state index in [1.165, 1.54) is 0 Å².